The van der Waals surface area contributed by atoms with Gasteiger partial charge >= 0.3 is 6.18 Å². The van der Waals surface area contributed by atoms with Crippen LogP contribution in [0.5, 0.6) is 0 Å². The van der Waals surface area contributed by atoms with Crippen LogP contribution < -0.4 is 0 Å². The molecule has 2 aliphatic heterocycles. The smallest absolute Gasteiger partial charge is 0.316 e. The lowest BCUT2D eigenvalue weighted by atomic mass is 10.1. The molecule has 1 amide bonds. The number of aromatic nitrogens is 1. The van der Waals surface area contributed by atoms with Crippen molar-refractivity contribution in [2.24, 2.45) is 10.1 Å². The van der Waals surface area contributed by atoms with E-state index in [1.165, 1.54) is 22.8 Å². The van der Waals surface area contributed by atoms with E-state index in [1.807, 2.05) is 0 Å². The first-order valence-corrected chi connectivity index (χ1v) is 9.45. The number of rotatable bonds is 3. The topological polar surface area (TPSA) is 117 Å². The Labute approximate surface area is 180 Å². The third-order valence-electron chi connectivity index (χ3n) is 4.17. The van der Waals surface area contributed by atoms with Crippen molar-refractivity contribution in [3.8, 4) is 5.69 Å². The van der Waals surface area contributed by atoms with Gasteiger partial charge in [0.25, 0.3) is 11.6 Å². The molecule has 158 valence electrons. The van der Waals surface area contributed by atoms with Crippen molar-refractivity contribution < 1.29 is 22.9 Å². The Morgan fingerprint density at radius 3 is 2.68 bits per heavy atom. The zero-order valence-electron chi connectivity index (χ0n) is 14.9. The summed E-state index contributed by atoms with van der Waals surface area (Å²) in [5.74, 6) is -1.46. The number of nitrogens with one attached hydrogen (secondary N) is 1. The van der Waals surface area contributed by atoms with Crippen LogP contribution in [0.4, 0.5) is 18.9 Å². The van der Waals surface area contributed by atoms with E-state index in [4.69, 9.17) is 17.0 Å². The summed E-state index contributed by atoms with van der Waals surface area (Å²) < 4.78 is 40.3. The molecule has 0 saturated carbocycles. The van der Waals surface area contributed by atoms with E-state index in [-0.39, 0.29) is 33.2 Å². The van der Waals surface area contributed by atoms with Gasteiger partial charge in [-0.1, -0.05) is 11.6 Å². The minimum Gasteiger partial charge on any atom is -0.316 e. The van der Waals surface area contributed by atoms with Gasteiger partial charge in [0.15, 0.2) is 5.84 Å². The zero-order chi connectivity index (χ0) is 22.5. The number of hydrazone groups is 1. The van der Waals surface area contributed by atoms with Gasteiger partial charge < -0.3 is 4.57 Å². The summed E-state index contributed by atoms with van der Waals surface area (Å²) in [5.41, 5.74) is 0.206. The number of carbonyl (C=O) groups excluding carboxylic acids is 1. The lowest BCUT2D eigenvalue weighted by Crippen LogP contribution is -2.35. The first kappa shape index (κ1) is 20.8. The van der Waals surface area contributed by atoms with Crippen LogP contribution >= 0.6 is 23.4 Å². The molecule has 0 spiro atoms. The van der Waals surface area contributed by atoms with Crippen LogP contribution in [0.3, 0.4) is 0 Å². The number of alkyl halides is 3. The zero-order valence-corrected chi connectivity index (χ0v) is 16.5. The van der Waals surface area contributed by atoms with E-state index in [2.05, 4.69) is 10.1 Å². The van der Waals surface area contributed by atoms with E-state index in [1.54, 1.807) is 18.3 Å². The Kier molecular flexibility index (Phi) is 4.94. The summed E-state index contributed by atoms with van der Waals surface area (Å²) in [4.78, 5) is 26.3. The van der Waals surface area contributed by atoms with Crippen molar-refractivity contribution in [3.63, 3.8) is 0 Å². The van der Waals surface area contributed by atoms with Crippen molar-refractivity contribution >= 4 is 57.1 Å². The van der Waals surface area contributed by atoms with Gasteiger partial charge in [0.1, 0.15) is 0 Å². The standard InChI is InChI=1S/C17H8ClF3N6O3S/c18-11-7-9(27(29)30)3-4-12(11)25-5-1-2-8(25)6-10-13(22)26-16(23-14(10)28)31-15(24-26)17(19,20)21/h1-7,22H/b10-6+,22-13?. The normalized spacial score (nSPS) is 17.7. The van der Waals surface area contributed by atoms with E-state index in [9.17, 15) is 28.1 Å². The summed E-state index contributed by atoms with van der Waals surface area (Å²) >= 11 is 6.32. The number of fused-ring (bicyclic) bond motifs is 1. The molecule has 1 N–H and O–H groups in total. The third-order valence-corrected chi connectivity index (χ3v) is 5.43. The molecule has 0 aliphatic carbocycles. The average molecular weight is 469 g/mol. The predicted octanol–water partition coefficient (Wildman–Crippen LogP) is 4.22. The first-order chi connectivity index (χ1) is 14.6. The number of hydrogen-bond acceptors (Lipinski definition) is 6. The number of amides is 1. The fourth-order valence-electron chi connectivity index (χ4n) is 2.79. The Hall–Kier alpha value is -3.45. The van der Waals surface area contributed by atoms with Gasteiger partial charge in [-0.3, -0.25) is 20.3 Å². The number of nitro groups is 1. The molecule has 1 aromatic carbocycles. The molecule has 31 heavy (non-hydrogen) atoms. The van der Waals surface area contributed by atoms with Crippen LogP contribution in [0, 0.1) is 15.5 Å². The van der Waals surface area contributed by atoms with Crippen LogP contribution in [0.15, 0.2) is 52.2 Å². The van der Waals surface area contributed by atoms with Crippen molar-refractivity contribution in [1.82, 2.24) is 9.58 Å². The molecule has 0 bridgehead atoms. The second kappa shape index (κ2) is 7.35. The second-order valence-corrected chi connectivity index (χ2v) is 7.48. The fourth-order valence-corrected chi connectivity index (χ4v) is 3.81. The maximum atomic E-state index is 12.9. The maximum Gasteiger partial charge on any atom is 0.441 e. The van der Waals surface area contributed by atoms with Crippen LogP contribution in [0.2, 0.25) is 5.02 Å². The minimum atomic E-state index is -4.74. The highest BCUT2D eigenvalue weighted by Crippen LogP contribution is 2.35. The summed E-state index contributed by atoms with van der Waals surface area (Å²) in [7, 11) is 0. The lowest BCUT2D eigenvalue weighted by molar-refractivity contribution is -0.384. The van der Waals surface area contributed by atoms with Crippen LogP contribution in [-0.4, -0.2) is 42.6 Å². The van der Waals surface area contributed by atoms with Crippen LogP contribution in [-0.2, 0) is 4.79 Å². The largest absolute Gasteiger partial charge is 0.441 e. The number of amidine groups is 2. The molecule has 3 heterocycles. The van der Waals surface area contributed by atoms with Gasteiger partial charge in [-0.25, -0.2) is 0 Å². The summed E-state index contributed by atoms with van der Waals surface area (Å²) in [6.45, 7) is 0. The molecule has 2 aromatic rings. The Morgan fingerprint density at radius 1 is 1.29 bits per heavy atom. The number of halogens is 4. The highest BCUT2D eigenvalue weighted by molar-refractivity contribution is 8.27. The van der Waals surface area contributed by atoms with Gasteiger partial charge in [0, 0.05) is 24.0 Å². The summed E-state index contributed by atoms with van der Waals surface area (Å²) in [5, 5.41) is 21.5. The Morgan fingerprint density at radius 2 is 2.03 bits per heavy atom. The quantitative estimate of drug-likeness (QED) is 0.411. The predicted molar refractivity (Wildman–Crippen MR) is 108 cm³/mol. The molecule has 14 heteroatoms. The van der Waals surface area contributed by atoms with Crippen molar-refractivity contribution in [2.45, 2.75) is 6.18 Å². The Balaban J connectivity index is 1.73. The highest BCUT2D eigenvalue weighted by Gasteiger charge is 2.46. The number of thioether (sulfide) groups is 1. The van der Waals surface area contributed by atoms with Crippen molar-refractivity contribution in [2.75, 3.05) is 0 Å². The molecule has 0 radical (unpaired) electrons. The summed E-state index contributed by atoms with van der Waals surface area (Å²) in [6, 6.07) is 6.98. The average Bonchev–Trinajstić information content (AvgIpc) is 3.31. The SMILES string of the molecule is N=C1/C(=C\c2cccn2-c2ccc([N+](=O)[O-])cc2Cl)C(=O)N=C2SC(C(F)(F)F)=NN12. The molecule has 9 nitrogen and oxygen atoms in total. The molecular formula is C17H8ClF3N6O3S. The monoisotopic (exact) mass is 468 g/mol. The molecule has 0 unspecified atom stereocenters. The number of hydrogen-bond donors (Lipinski definition) is 1. The first-order valence-electron chi connectivity index (χ1n) is 8.25. The van der Waals surface area contributed by atoms with E-state index in [0.717, 1.165) is 6.07 Å². The number of nitro benzene ring substituents is 1. The van der Waals surface area contributed by atoms with E-state index in [0.29, 0.717) is 16.4 Å². The van der Waals surface area contributed by atoms with E-state index >= 15 is 0 Å². The molecule has 0 saturated heterocycles. The molecular weight excluding hydrogens is 461 g/mol. The molecule has 2 aliphatic rings. The van der Waals surface area contributed by atoms with E-state index < -0.39 is 27.9 Å². The van der Waals surface area contributed by atoms with Gasteiger partial charge in [-0.2, -0.15) is 28.3 Å². The number of benzene rings is 1. The maximum absolute atomic E-state index is 12.9. The number of carbonyl (C=O) groups is 1. The molecule has 0 atom stereocenters. The number of non-ortho nitro benzene ring substituents is 1. The van der Waals surface area contributed by atoms with Crippen molar-refractivity contribution in [1.29, 1.82) is 5.41 Å². The Bertz CT molecular complexity index is 1250. The second-order valence-electron chi connectivity index (χ2n) is 6.12. The highest BCUT2D eigenvalue weighted by atomic mass is 35.5. The van der Waals surface area contributed by atoms with Gasteiger partial charge in [0.05, 0.1) is 21.2 Å². The van der Waals surface area contributed by atoms with Crippen molar-refractivity contribution in [3.05, 3.63) is 62.9 Å². The third kappa shape index (κ3) is 3.72. The molecule has 1 aromatic heterocycles. The number of nitrogens with zero attached hydrogens (tertiary/aromatic N) is 5. The number of aliphatic imine (C=N–C) groups is 1. The van der Waals surface area contributed by atoms with Gasteiger partial charge in [-0.15, -0.1) is 0 Å². The molecule has 4 rings (SSSR count). The fraction of sp³-hybridized carbons (Fsp3) is 0.0588. The molecule has 0 fully saturated rings. The van der Waals surface area contributed by atoms with Crippen LogP contribution in [0.25, 0.3) is 11.8 Å². The lowest BCUT2D eigenvalue weighted by Gasteiger charge is -2.20. The summed E-state index contributed by atoms with van der Waals surface area (Å²) in [6.07, 6.45) is -1.91. The van der Waals surface area contributed by atoms with Gasteiger partial charge in [-0.05, 0) is 36.0 Å². The van der Waals surface area contributed by atoms with Crippen LogP contribution in [0.1, 0.15) is 5.69 Å². The minimum absolute atomic E-state index is 0.0609. The van der Waals surface area contributed by atoms with Gasteiger partial charge in [0.2, 0.25) is 10.2 Å².